The van der Waals surface area contributed by atoms with E-state index in [0.717, 1.165) is 52.8 Å². The quantitative estimate of drug-likeness (QED) is 0.143. The lowest BCUT2D eigenvalue weighted by atomic mass is 9.92. The van der Waals surface area contributed by atoms with Gasteiger partial charge in [-0.2, -0.15) is 8.75 Å². The molecule has 4 nitrogen and oxygen atoms in total. The van der Waals surface area contributed by atoms with Crippen LogP contribution >= 0.6 is 69.0 Å². The van der Waals surface area contributed by atoms with Crippen molar-refractivity contribution in [1.82, 2.24) is 8.75 Å². The molecule has 208 valence electrons. The molecule has 1 N–H and O–H groups in total. The van der Waals surface area contributed by atoms with E-state index in [2.05, 4.69) is 94.4 Å². The van der Waals surface area contributed by atoms with Crippen LogP contribution in [0, 0.1) is 33.1 Å². The molecule has 6 aromatic rings. The lowest BCUT2D eigenvalue weighted by Crippen LogP contribution is -2.18. The van der Waals surface area contributed by atoms with Crippen molar-refractivity contribution in [2.45, 2.75) is 32.6 Å². The number of rotatable bonds is 6. The summed E-state index contributed by atoms with van der Waals surface area (Å²) in [5.74, 6) is 0. The van der Waals surface area contributed by atoms with Crippen LogP contribution in [0.5, 0.6) is 0 Å². The fourth-order valence-corrected chi connectivity index (χ4v) is 9.99. The number of fused-ring (bicyclic) bond motifs is 1. The predicted molar refractivity (Wildman–Crippen MR) is 189 cm³/mol. The van der Waals surface area contributed by atoms with Gasteiger partial charge in [0.05, 0.1) is 17.4 Å². The van der Waals surface area contributed by atoms with E-state index in [1.54, 1.807) is 45.3 Å². The van der Waals surface area contributed by atoms with Crippen molar-refractivity contribution in [3.05, 3.63) is 96.0 Å². The van der Waals surface area contributed by atoms with Gasteiger partial charge in [-0.25, -0.2) is 4.40 Å². The molecule has 1 aromatic carbocycles. The summed E-state index contributed by atoms with van der Waals surface area (Å²) in [6.45, 7) is 8.48. The van der Waals surface area contributed by atoms with Crippen molar-refractivity contribution in [3.63, 3.8) is 0 Å². The van der Waals surface area contributed by atoms with Crippen molar-refractivity contribution in [3.8, 4) is 20.9 Å². The summed E-state index contributed by atoms with van der Waals surface area (Å²) in [6, 6.07) is 19.3. The molecule has 0 amide bonds. The molecule has 0 spiro atoms. The van der Waals surface area contributed by atoms with E-state index in [4.69, 9.17) is 13.1 Å². The van der Waals surface area contributed by atoms with E-state index in [1.807, 2.05) is 0 Å². The monoisotopic (exact) mass is 656 g/mol. The first kappa shape index (κ1) is 27.8. The number of allylic oxidation sites excluding steroid dienone is 4. The molecule has 7 rings (SSSR count). The Balaban J connectivity index is 1.40. The van der Waals surface area contributed by atoms with Crippen molar-refractivity contribution in [1.29, 1.82) is 5.41 Å². The minimum atomic E-state index is 0.451. The average molecular weight is 657 g/mol. The molecule has 0 aliphatic heterocycles. The van der Waals surface area contributed by atoms with Crippen LogP contribution in [0.3, 0.4) is 0 Å². The van der Waals surface area contributed by atoms with Crippen molar-refractivity contribution >= 4 is 103 Å². The van der Waals surface area contributed by atoms with Gasteiger partial charge in [-0.1, -0.05) is 12.2 Å². The van der Waals surface area contributed by atoms with Crippen LogP contribution in [0.2, 0.25) is 0 Å². The molecule has 1 aliphatic carbocycles. The molecule has 42 heavy (non-hydrogen) atoms. The van der Waals surface area contributed by atoms with Gasteiger partial charge in [0.25, 0.3) is 0 Å². The number of aromatic nitrogens is 2. The molecule has 10 heteroatoms. The van der Waals surface area contributed by atoms with Gasteiger partial charge < -0.3 is 0 Å². The summed E-state index contributed by atoms with van der Waals surface area (Å²) in [4.78, 5) is 10.5. The molecular weight excluding hydrogens is 633 g/mol. The average Bonchev–Trinajstić information content (AvgIpc) is 3.80. The van der Waals surface area contributed by atoms with Crippen molar-refractivity contribution in [2.75, 3.05) is 0 Å². The molecule has 0 bridgehead atoms. The molecule has 5 aromatic heterocycles. The van der Waals surface area contributed by atoms with Crippen LogP contribution in [0.1, 0.15) is 29.3 Å². The van der Waals surface area contributed by atoms with E-state index in [0.29, 0.717) is 11.4 Å². The predicted octanol–water partition coefficient (Wildman–Crippen LogP) is 11.2. The summed E-state index contributed by atoms with van der Waals surface area (Å²) >= 11 is 9.67. The number of hydrogen-bond acceptors (Lipinski definition) is 10. The second-order valence-electron chi connectivity index (χ2n) is 9.97. The summed E-state index contributed by atoms with van der Waals surface area (Å²) in [6.07, 6.45) is 4.20. The third-order valence-electron chi connectivity index (χ3n) is 6.92. The third-order valence-corrected chi connectivity index (χ3v) is 12.4. The molecule has 0 fully saturated rings. The van der Waals surface area contributed by atoms with Gasteiger partial charge in [-0.05, 0) is 82.3 Å². The summed E-state index contributed by atoms with van der Waals surface area (Å²) < 4.78 is 14.7. The molecule has 5 heterocycles. The Kier molecular flexibility index (Phi) is 7.46. The highest BCUT2D eigenvalue weighted by atomic mass is 32.2. The lowest BCUT2D eigenvalue weighted by Gasteiger charge is -2.18. The van der Waals surface area contributed by atoms with Crippen LogP contribution in [0.15, 0.2) is 76.0 Å². The summed E-state index contributed by atoms with van der Waals surface area (Å²) in [7, 11) is 0. The fourth-order valence-electron chi connectivity index (χ4n) is 4.91. The minimum Gasteiger partial charge on any atom is -0.298 e. The smallest absolute Gasteiger partial charge is 0.115 e. The number of nitrogens with one attached hydrogen (secondary N) is 1. The highest BCUT2D eigenvalue weighted by Crippen LogP contribution is 2.46. The van der Waals surface area contributed by atoms with E-state index in [9.17, 15) is 5.41 Å². The van der Waals surface area contributed by atoms with Crippen LogP contribution < -0.4 is 0 Å². The lowest BCUT2D eigenvalue weighted by molar-refractivity contribution is 1.47. The standard InChI is InChI=1S/C32H24N4S6/c1-16-5-11-23(37-16)20-9-10-21(24-12-6-17(2)38-24)30(29(20)33)34-41-27-15-22(25-13-7-18(3)39-25)31-32(36-42-35-31)28(27)26-14-8-19(4)40-26/h5-15,33H,1-4H3. The zero-order valence-corrected chi connectivity index (χ0v) is 28.0. The minimum absolute atomic E-state index is 0.451. The maximum Gasteiger partial charge on any atom is 0.115 e. The Morgan fingerprint density at radius 3 is 1.76 bits per heavy atom. The molecule has 0 atom stereocenters. The van der Waals surface area contributed by atoms with Crippen LogP contribution in [0.4, 0.5) is 0 Å². The number of nitrogens with zero attached hydrogens (tertiary/aromatic N) is 3. The van der Waals surface area contributed by atoms with E-state index >= 15 is 0 Å². The topological polar surface area (TPSA) is 62.0 Å². The van der Waals surface area contributed by atoms with E-state index in [1.165, 1.54) is 48.1 Å². The third kappa shape index (κ3) is 5.10. The first-order valence-corrected chi connectivity index (χ1v) is 18.0. The van der Waals surface area contributed by atoms with Gasteiger partial charge in [0.15, 0.2) is 0 Å². The first-order chi connectivity index (χ1) is 20.4. The second kappa shape index (κ2) is 11.3. The Morgan fingerprint density at radius 2 is 1.17 bits per heavy atom. The van der Waals surface area contributed by atoms with Crippen molar-refractivity contribution < 1.29 is 0 Å². The Morgan fingerprint density at radius 1 is 0.643 bits per heavy atom. The Labute approximate surface area is 268 Å². The van der Waals surface area contributed by atoms with Gasteiger partial charge in [0.1, 0.15) is 16.7 Å². The van der Waals surface area contributed by atoms with Crippen LogP contribution in [-0.4, -0.2) is 20.2 Å². The van der Waals surface area contributed by atoms with Gasteiger partial charge in [0, 0.05) is 78.1 Å². The second-order valence-corrected chi connectivity index (χ2v) is 16.5. The van der Waals surface area contributed by atoms with Gasteiger partial charge >= 0.3 is 0 Å². The van der Waals surface area contributed by atoms with Gasteiger partial charge in [-0.15, -0.1) is 45.3 Å². The van der Waals surface area contributed by atoms with Gasteiger partial charge in [0.2, 0.25) is 0 Å². The Hall–Kier alpha value is -2.99. The molecule has 1 aliphatic rings. The molecule has 0 radical (unpaired) electrons. The van der Waals surface area contributed by atoms with Crippen LogP contribution in [0.25, 0.3) is 43.1 Å². The number of thiophene rings is 4. The zero-order chi connectivity index (χ0) is 29.0. The number of aryl methyl sites for hydroxylation is 4. The normalized spacial score (nSPS) is 14.7. The molecule has 0 unspecified atom stereocenters. The summed E-state index contributed by atoms with van der Waals surface area (Å²) in [5.41, 5.74) is 7.02. The van der Waals surface area contributed by atoms with E-state index in [-0.39, 0.29) is 0 Å². The highest BCUT2D eigenvalue weighted by Gasteiger charge is 2.26. The first-order valence-electron chi connectivity index (χ1n) is 13.2. The zero-order valence-electron chi connectivity index (χ0n) is 23.1. The summed E-state index contributed by atoms with van der Waals surface area (Å²) in [5, 5.41) is 9.35. The fraction of sp³-hybridized carbons (Fsp3) is 0.125. The van der Waals surface area contributed by atoms with E-state index < -0.39 is 0 Å². The maximum absolute atomic E-state index is 9.35. The molecule has 0 saturated heterocycles. The highest BCUT2D eigenvalue weighted by molar-refractivity contribution is 7.98. The molecule has 0 saturated carbocycles. The maximum atomic E-state index is 9.35. The SMILES string of the molecule is Cc1ccc(C2=CC=C(c3ccc(C)s3)C(=NSc3cc(-c4ccc(C)s4)c4nsnc4c3-c3ccc(C)s3)C2=N)s1. The van der Waals surface area contributed by atoms with Crippen LogP contribution in [-0.2, 0) is 0 Å². The molecular formula is C32H24N4S6. The largest absolute Gasteiger partial charge is 0.298 e. The Bertz CT molecular complexity index is 2090. The van der Waals surface area contributed by atoms with Crippen molar-refractivity contribution in [2.24, 2.45) is 4.40 Å². The van der Waals surface area contributed by atoms with Gasteiger partial charge in [-0.3, -0.25) is 5.41 Å². The number of benzene rings is 1. The number of hydrogen-bond donors (Lipinski definition) is 1.